The fourth-order valence-electron chi connectivity index (χ4n) is 2.47. The van der Waals surface area contributed by atoms with E-state index < -0.39 is 14.8 Å². The number of rotatable bonds is 6. The Morgan fingerprint density at radius 1 is 1.18 bits per heavy atom. The van der Waals surface area contributed by atoms with E-state index in [0.29, 0.717) is 6.54 Å². The molecule has 0 spiro atoms. The number of nitrogens with zero attached hydrogens (tertiary/aromatic N) is 1. The summed E-state index contributed by atoms with van der Waals surface area (Å²) in [6, 6.07) is 7.82. The van der Waals surface area contributed by atoms with Crippen molar-refractivity contribution in [3.8, 4) is 0 Å². The van der Waals surface area contributed by atoms with E-state index in [0.717, 1.165) is 44.0 Å². The molecular weight excluding hydrogens is 300 g/mol. The maximum Gasteiger partial charge on any atom is 0.221 e. The van der Waals surface area contributed by atoms with E-state index in [-0.39, 0.29) is 0 Å². The normalized spacial score (nSPS) is 16.8. The number of hydrogen-bond donors (Lipinski definition) is 1. The summed E-state index contributed by atoms with van der Waals surface area (Å²) in [5.41, 5.74) is 1.91. The first-order valence-electron chi connectivity index (χ1n) is 7.81. The van der Waals surface area contributed by atoms with E-state index in [1.807, 2.05) is 31.2 Å². The third-order valence-electron chi connectivity index (χ3n) is 4.15. The first kappa shape index (κ1) is 17.2. The minimum Gasteiger partial charge on any atom is -0.378 e. The lowest BCUT2D eigenvalue weighted by Crippen LogP contribution is -2.40. The number of anilines is 1. The van der Waals surface area contributed by atoms with Gasteiger partial charge in [-0.3, -0.25) is 0 Å². The Morgan fingerprint density at radius 2 is 1.77 bits per heavy atom. The van der Waals surface area contributed by atoms with Gasteiger partial charge in [0.05, 0.1) is 13.2 Å². The summed E-state index contributed by atoms with van der Waals surface area (Å²) in [5, 5.41) is 0. The summed E-state index contributed by atoms with van der Waals surface area (Å²) in [6.45, 7) is 9.14. The van der Waals surface area contributed by atoms with Gasteiger partial charge in [-0.15, -0.1) is 0 Å². The predicted octanol–water partition coefficient (Wildman–Crippen LogP) is 2.09. The molecule has 2 rings (SSSR count). The highest BCUT2D eigenvalue weighted by Gasteiger charge is 2.35. The van der Waals surface area contributed by atoms with E-state index in [9.17, 15) is 8.42 Å². The zero-order valence-electron chi connectivity index (χ0n) is 13.6. The molecule has 0 aromatic heterocycles. The Morgan fingerprint density at radius 3 is 2.32 bits per heavy atom. The standard InChI is InChI=1S/C16H26N2O3S/c1-4-9-17-22(19,20)16(2,3)14-5-7-15(8-6-14)18-10-12-21-13-11-18/h5-8,17H,4,9-13H2,1-3H3. The summed E-state index contributed by atoms with van der Waals surface area (Å²) < 4.78 is 32.0. The highest BCUT2D eigenvalue weighted by molar-refractivity contribution is 7.90. The van der Waals surface area contributed by atoms with Crippen molar-refractivity contribution >= 4 is 15.7 Å². The van der Waals surface area contributed by atoms with E-state index >= 15 is 0 Å². The van der Waals surface area contributed by atoms with Gasteiger partial charge in [-0.25, -0.2) is 13.1 Å². The van der Waals surface area contributed by atoms with Crippen LogP contribution in [-0.2, 0) is 19.5 Å². The maximum atomic E-state index is 12.5. The topological polar surface area (TPSA) is 58.6 Å². The summed E-state index contributed by atoms with van der Waals surface area (Å²) >= 11 is 0. The second kappa shape index (κ2) is 6.98. The molecule has 1 fully saturated rings. The first-order valence-corrected chi connectivity index (χ1v) is 9.29. The van der Waals surface area contributed by atoms with Gasteiger partial charge in [-0.2, -0.15) is 0 Å². The van der Waals surface area contributed by atoms with Crippen LogP contribution in [0.4, 0.5) is 5.69 Å². The monoisotopic (exact) mass is 326 g/mol. The van der Waals surface area contributed by atoms with Gasteiger partial charge in [0.1, 0.15) is 4.75 Å². The van der Waals surface area contributed by atoms with Crippen LogP contribution in [0.25, 0.3) is 0 Å². The number of sulfonamides is 1. The number of ether oxygens (including phenoxy) is 1. The van der Waals surface area contributed by atoms with Crippen molar-refractivity contribution < 1.29 is 13.2 Å². The Balaban J connectivity index is 2.17. The lowest BCUT2D eigenvalue weighted by atomic mass is 10.0. The quantitative estimate of drug-likeness (QED) is 0.869. The molecule has 0 amide bonds. The summed E-state index contributed by atoms with van der Waals surface area (Å²) in [6.07, 6.45) is 0.783. The summed E-state index contributed by atoms with van der Waals surface area (Å²) in [5.74, 6) is 0. The van der Waals surface area contributed by atoms with Gasteiger partial charge in [0.15, 0.2) is 0 Å². The molecule has 1 aromatic rings. The van der Waals surface area contributed by atoms with Crippen LogP contribution < -0.4 is 9.62 Å². The Kier molecular flexibility index (Phi) is 5.47. The fourth-order valence-corrected chi connectivity index (χ4v) is 3.75. The van der Waals surface area contributed by atoms with Crippen LogP contribution in [0, 0.1) is 0 Å². The van der Waals surface area contributed by atoms with Crippen molar-refractivity contribution in [2.24, 2.45) is 0 Å². The van der Waals surface area contributed by atoms with Crippen LogP contribution in [0.15, 0.2) is 24.3 Å². The van der Waals surface area contributed by atoms with Gasteiger partial charge in [0.2, 0.25) is 10.0 Å². The highest BCUT2D eigenvalue weighted by atomic mass is 32.2. The predicted molar refractivity (Wildman–Crippen MR) is 89.7 cm³/mol. The average molecular weight is 326 g/mol. The minimum absolute atomic E-state index is 0.470. The van der Waals surface area contributed by atoms with E-state index in [1.165, 1.54) is 0 Å². The first-order chi connectivity index (χ1) is 10.4. The number of morpholine rings is 1. The molecule has 0 saturated carbocycles. The zero-order chi connectivity index (χ0) is 16.2. The highest BCUT2D eigenvalue weighted by Crippen LogP contribution is 2.30. The van der Waals surface area contributed by atoms with Gasteiger partial charge in [0, 0.05) is 25.3 Å². The molecule has 0 radical (unpaired) electrons. The second-order valence-electron chi connectivity index (χ2n) is 6.05. The molecular formula is C16H26N2O3S. The Bertz CT molecular complexity index is 576. The van der Waals surface area contributed by atoms with Crippen molar-refractivity contribution in [2.75, 3.05) is 37.7 Å². The van der Waals surface area contributed by atoms with Gasteiger partial charge in [-0.05, 0) is 38.0 Å². The van der Waals surface area contributed by atoms with Crippen LogP contribution in [0.1, 0.15) is 32.8 Å². The SMILES string of the molecule is CCCNS(=O)(=O)C(C)(C)c1ccc(N2CCOCC2)cc1. The molecule has 1 N–H and O–H groups in total. The number of nitrogens with one attached hydrogen (secondary N) is 1. The van der Waals surface area contributed by atoms with Crippen LogP contribution >= 0.6 is 0 Å². The molecule has 0 unspecified atom stereocenters. The van der Waals surface area contributed by atoms with Crippen molar-refractivity contribution in [2.45, 2.75) is 31.9 Å². The fraction of sp³-hybridized carbons (Fsp3) is 0.625. The third-order valence-corrected chi connectivity index (χ3v) is 6.32. The molecule has 0 atom stereocenters. The minimum atomic E-state index is -3.40. The van der Waals surface area contributed by atoms with Crippen LogP contribution in [0.2, 0.25) is 0 Å². The number of benzene rings is 1. The molecule has 1 aliphatic heterocycles. The number of hydrogen-bond acceptors (Lipinski definition) is 4. The molecule has 22 heavy (non-hydrogen) atoms. The molecule has 0 bridgehead atoms. The van der Waals surface area contributed by atoms with Crippen molar-refractivity contribution in [3.63, 3.8) is 0 Å². The molecule has 6 heteroatoms. The molecule has 1 heterocycles. The van der Waals surface area contributed by atoms with E-state index in [2.05, 4.69) is 9.62 Å². The van der Waals surface area contributed by atoms with Gasteiger partial charge in [-0.1, -0.05) is 19.1 Å². The molecule has 1 saturated heterocycles. The van der Waals surface area contributed by atoms with Crippen LogP contribution in [-0.4, -0.2) is 41.3 Å². The van der Waals surface area contributed by atoms with Crippen molar-refractivity contribution in [3.05, 3.63) is 29.8 Å². The summed E-state index contributed by atoms with van der Waals surface area (Å²) in [7, 11) is -3.40. The Hall–Kier alpha value is -1.11. The third kappa shape index (κ3) is 3.62. The van der Waals surface area contributed by atoms with Gasteiger partial charge in [0.25, 0.3) is 0 Å². The van der Waals surface area contributed by atoms with Crippen LogP contribution in [0.5, 0.6) is 0 Å². The van der Waals surface area contributed by atoms with Crippen molar-refractivity contribution in [1.29, 1.82) is 0 Å². The Labute approximate surface area is 133 Å². The lowest BCUT2D eigenvalue weighted by Gasteiger charge is -2.30. The second-order valence-corrected chi connectivity index (χ2v) is 8.37. The zero-order valence-corrected chi connectivity index (χ0v) is 14.4. The van der Waals surface area contributed by atoms with E-state index in [4.69, 9.17) is 4.74 Å². The maximum absolute atomic E-state index is 12.5. The molecule has 1 aromatic carbocycles. The van der Waals surface area contributed by atoms with Crippen molar-refractivity contribution in [1.82, 2.24) is 4.72 Å². The molecule has 1 aliphatic rings. The van der Waals surface area contributed by atoms with Gasteiger partial charge >= 0.3 is 0 Å². The van der Waals surface area contributed by atoms with Crippen LogP contribution in [0.3, 0.4) is 0 Å². The van der Waals surface area contributed by atoms with E-state index in [1.54, 1.807) is 13.8 Å². The lowest BCUT2D eigenvalue weighted by molar-refractivity contribution is 0.122. The molecule has 5 nitrogen and oxygen atoms in total. The van der Waals surface area contributed by atoms with Gasteiger partial charge < -0.3 is 9.64 Å². The smallest absolute Gasteiger partial charge is 0.221 e. The molecule has 0 aliphatic carbocycles. The average Bonchev–Trinajstić information content (AvgIpc) is 2.54. The summed E-state index contributed by atoms with van der Waals surface area (Å²) in [4.78, 5) is 2.25. The molecule has 124 valence electrons. The largest absolute Gasteiger partial charge is 0.378 e.